The maximum atomic E-state index is 6.11. The molecule has 2 aromatic rings. The molecule has 2 N–H and O–H groups in total. The summed E-state index contributed by atoms with van der Waals surface area (Å²) in [6.07, 6.45) is 3.60. The summed E-state index contributed by atoms with van der Waals surface area (Å²) < 4.78 is 0. The number of anilines is 1. The number of halogens is 1. The lowest BCUT2D eigenvalue weighted by atomic mass is 10.1. The van der Waals surface area contributed by atoms with Crippen molar-refractivity contribution in [2.45, 2.75) is 12.8 Å². The van der Waals surface area contributed by atoms with E-state index in [1.807, 2.05) is 36.5 Å². The molecule has 1 aromatic carbocycles. The summed E-state index contributed by atoms with van der Waals surface area (Å²) in [5.74, 6) is 0. The Labute approximate surface area is 125 Å². The zero-order valence-electron chi connectivity index (χ0n) is 11.7. The molecule has 0 bridgehead atoms. The first-order valence-corrected chi connectivity index (χ1v) is 7.18. The van der Waals surface area contributed by atoms with Crippen molar-refractivity contribution in [3.63, 3.8) is 0 Å². The van der Waals surface area contributed by atoms with Crippen molar-refractivity contribution in [3.05, 3.63) is 58.9 Å². The number of nitrogens with two attached hydrogens (primary N) is 1. The third-order valence-corrected chi connectivity index (χ3v) is 3.54. The highest BCUT2D eigenvalue weighted by atomic mass is 35.5. The number of hydrogen-bond acceptors (Lipinski definition) is 3. The zero-order chi connectivity index (χ0) is 14.4. The highest BCUT2D eigenvalue weighted by Crippen LogP contribution is 2.24. The standard InChI is InChI=1S/C16H20ClN3/c1-20(11-8-15-4-2-3-10-19-15)16-12-14(17)6-5-13(16)7-9-18/h2-6,10,12H,7-9,11,18H2,1H3. The molecule has 1 aromatic heterocycles. The van der Waals surface area contributed by atoms with Crippen LogP contribution in [0.3, 0.4) is 0 Å². The fourth-order valence-electron chi connectivity index (χ4n) is 2.21. The summed E-state index contributed by atoms with van der Waals surface area (Å²) in [4.78, 5) is 6.56. The Hall–Kier alpha value is -1.58. The first kappa shape index (κ1) is 14.8. The second-order valence-corrected chi connectivity index (χ2v) is 5.24. The maximum Gasteiger partial charge on any atom is 0.0426 e. The van der Waals surface area contributed by atoms with E-state index < -0.39 is 0 Å². The van der Waals surface area contributed by atoms with E-state index in [1.165, 1.54) is 5.56 Å². The number of rotatable bonds is 6. The number of benzene rings is 1. The molecule has 0 aliphatic rings. The number of nitrogens with zero attached hydrogens (tertiary/aromatic N) is 2. The van der Waals surface area contributed by atoms with E-state index in [4.69, 9.17) is 17.3 Å². The molecular weight excluding hydrogens is 270 g/mol. The topological polar surface area (TPSA) is 42.2 Å². The van der Waals surface area contributed by atoms with Crippen molar-refractivity contribution in [2.24, 2.45) is 5.73 Å². The van der Waals surface area contributed by atoms with Gasteiger partial charge in [0, 0.05) is 42.6 Å². The number of pyridine rings is 1. The van der Waals surface area contributed by atoms with E-state index in [0.29, 0.717) is 6.54 Å². The smallest absolute Gasteiger partial charge is 0.0426 e. The van der Waals surface area contributed by atoms with E-state index in [9.17, 15) is 0 Å². The second-order valence-electron chi connectivity index (χ2n) is 4.80. The van der Waals surface area contributed by atoms with Crippen molar-refractivity contribution in [3.8, 4) is 0 Å². The van der Waals surface area contributed by atoms with E-state index in [1.54, 1.807) is 0 Å². The molecule has 0 aliphatic carbocycles. The molecule has 0 fully saturated rings. The number of aromatic nitrogens is 1. The monoisotopic (exact) mass is 289 g/mol. The van der Waals surface area contributed by atoms with Crippen molar-refractivity contribution in [1.29, 1.82) is 0 Å². The van der Waals surface area contributed by atoms with Crippen LogP contribution in [0.25, 0.3) is 0 Å². The summed E-state index contributed by atoms with van der Waals surface area (Å²) in [5, 5.41) is 0.755. The molecule has 4 heteroatoms. The van der Waals surface area contributed by atoms with Crippen molar-refractivity contribution in [1.82, 2.24) is 4.98 Å². The first-order chi connectivity index (χ1) is 9.70. The summed E-state index contributed by atoms with van der Waals surface area (Å²) in [7, 11) is 2.08. The lowest BCUT2D eigenvalue weighted by Gasteiger charge is -2.22. The Morgan fingerprint density at radius 1 is 1.20 bits per heavy atom. The van der Waals surface area contributed by atoms with E-state index >= 15 is 0 Å². The first-order valence-electron chi connectivity index (χ1n) is 6.80. The molecular formula is C16H20ClN3. The van der Waals surface area contributed by atoms with Crippen LogP contribution < -0.4 is 10.6 Å². The van der Waals surface area contributed by atoms with Crippen LogP contribution in [0.4, 0.5) is 5.69 Å². The predicted octanol–water partition coefficient (Wildman–Crippen LogP) is 2.92. The fourth-order valence-corrected chi connectivity index (χ4v) is 2.37. The van der Waals surface area contributed by atoms with Gasteiger partial charge in [0.25, 0.3) is 0 Å². The number of hydrogen-bond donors (Lipinski definition) is 1. The lowest BCUT2D eigenvalue weighted by molar-refractivity contribution is 0.841. The Morgan fingerprint density at radius 2 is 2.05 bits per heavy atom. The molecule has 0 amide bonds. The second kappa shape index (κ2) is 7.27. The van der Waals surface area contributed by atoms with Gasteiger partial charge >= 0.3 is 0 Å². The van der Waals surface area contributed by atoms with Crippen LogP contribution in [0, 0.1) is 0 Å². The molecule has 0 radical (unpaired) electrons. The van der Waals surface area contributed by atoms with Crippen LogP contribution >= 0.6 is 11.6 Å². The molecule has 0 spiro atoms. The van der Waals surface area contributed by atoms with Crippen LogP contribution in [0.1, 0.15) is 11.3 Å². The average Bonchev–Trinajstić information content (AvgIpc) is 2.48. The minimum atomic E-state index is 0.642. The Balaban J connectivity index is 2.08. The number of likely N-dealkylation sites (N-methyl/N-ethyl adjacent to an activating group) is 1. The Morgan fingerprint density at radius 3 is 2.75 bits per heavy atom. The average molecular weight is 290 g/mol. The molecule has 0 atom stereocenters. The molecule has 106 valence electrons. The lowest BCUT2D eigenvalue weighted by Crippen LogP contribution is -2.22. The van der Waals surface area contributed by atoms with Gasteiger partial charge in [-0.3, -0.25) is 4.98 Å². The summed E-state index contributed by atoms with van der Waals surface area (Å²) >= 11 is 6.11. The summed E-state index contributed by atoms with van der Waals surface area (Å²) in [5.41, 5.74) is 9.16. The van der Waals surface area contributed by atoms with Crippen molar-refractivity contribution >= 4 is 17.3 Å². The minimum absolute atomic E-state index is 0.642. The largest absolute Gasteiger partial charge is 0.374 e. The van der Waals surface area contributed by atoms with E-state index in [-0.39, 0.29) is 0 Å². The van der Waals surface area contributed by atoms with Gasteiger partial charge in [0.1, 0.15) is 0 Å². The van der Waals surface area contributed by atoms with Gasteiger partial charge in [0.2, 0.25) is 0 Å². The zero-order valence-corrected chi connectivity index (χ0v) is 12.5. The Bertz CT molecular complexity index is 543. The van der Waals surface area contributed by atoms with Gasteiger partial charge in [-0.2, -0.15) is 0 Å². The van der Waals surface area contributed by atoms with Crippen LogP contribution in [-0.4, -0.2) is 25.1 Å². The van der Waals surface area contributed by atoms with Crippen LogP contribution in [0.15, 0.2) is 42.6 Å². The van der Waals surface area contributed by atoms with Gasteiger partial charge in [-0.15, -0.1) is 0 Å². The SMILES string of the molecule is CN(CCc1ccccn1)c1cc(Cl)ccc1CCN. The predicted molar refractivity (Wildman–Crippen MR) is 85.4 cm³/mol. The maximum absolute atomic E-state index is 6.11. The molecule has 0 saturated heterocycles. The molecule has 2 rings (SSSR count). The van der Waals surface area contributed by atoms with E-state index in [2.05, 4.69) is 23.0 Å². The summed E-state index contributed by atoms with van der Waals surface area (Å²) in [6, 6.07) is 12.0. The molecule has 20 heavy (non-hydrogen) atoms. The third kappa shape index (κ3) is 3.95. The van der Waals surface area contributed by atoms with E-state index in [0.717, 1.165) is 35.8 Å². The minimum Gasteiger partial charge on any atom is -0.374 e. The molecule has 0 aliphatic heterocycles. The molecule has 3 nitrogen and oxygen atoms in total. The fraction of sp³-hybridized carbons (Fsp3) is 0.312. The molecule has 0 saturated carbocycles. The van der Waals surface area contributed by atoms with Crippen molar-refractivity contribution in [2.75, 3.05) is 25.0 Å². The third-order valence-electron chi connectivity index (χ3n) is 3.30. The quantitative estimate of drug-likeness (QED) is 0.889. The Kier molecular flexibility index (Phi) is 5.39. The highest BCUT2D eigenvalue weighted by Gasteiger charge is 2.08. The van der Waals surface area contributed by atoms with Gasteiger partial charge in [0.15, 0.2) is 0 Å². The van der Waals surface area contributed by atoms with Gasteiger partial charge in [0.05, 0.1) is 0 Å². The van der Waals surface area contributed by atoms with Gasteiger partial charge in [-0.1, -0.05) is 23.7 Å². The van der Waals surface area contributed by atoms with Crippen LogP contribution in [-0.2, 0) is 12.8 Å². The molecule has 0 unspecified atom stereocenters. The molecule has 1 heterocycles. The van der Waals surface area contributed by atoms with Crippen molar-refractivity contribution < 1.29 is 0 Å². The van der Waals surface area contributed by atoms with Gasteiger partial charge < -0.3 is 10.6 Å². The van der Waals surface area contributed by atoms with Crippen LogP contribution in [0.2, 0.25) is 5.02 Å². The van der Waals surface area contributed by atoms with Gasteiger partial charge in [-0.25, -0.2) is 0 Å². The normalized spacial score (nSPS) is 10.6. The highest BCUT2D eigenvalue weighted by molar-refractivity contribution is 6.30. The van der Waals surface area contributed by atoms with Gasteiger partial charge in [-0.05, 0) is 42.8 Å². The summed E-state index contributed by atoms with van der Waals surface area (Å²) in [6.45, 7) is 1.54. The van der Waals surface area contributed by atoms with Crippen LogP contribution in [0.5, 0.6) is 0 Å².